The van der Waals surface area contributed by atoms with E-state index in [1.165, 1.54) is 0 Å². The highest BCUT2D eigenvalue weighted by molar-refractivity contribution is 8.31. The van der Waals surface area contributed by atoms with E-state index >= 15 is 0 Å². The summed E-state index contributed by atoms with van der Waals surface area (Å²) < 4.78 is 28.5. The van der Waals surface area contributed by atoms with Gasteiger partial charge < -0.3 is 0 Å². The van der Waals surface area contributed by atoms with Crippen LogP contribution in [0.25, 0.3) is 0 Å². The lowest BCUT2D eigenvalue weighted by Crippen LogP contribution is -2.21. The largest absolute Gasteiger partial charge is 0.421 e. The number of hydrogen-bond acceptors (Lipinski definition) is 3. The summed E-state index contributed by atoms with van der Waals surface area (Å²) in [5.74, 6) is 0.307. The molecule has 0 amide bonds. The molecule has 0 aromatic heterocycles. The normalized spacial score (nSPS) is 13.2. The summed E-state index contributed by atoms with van der Waals surface area (Å²) in [5, 5.41) is 0. The molecule has 114 valence electrons. The molecule has 0 heterocycles. The van der Waals surface area contributed by atoms with E-state index in [0.717, 1.165) is 12.0 Å². The van der Waals surface area contributed by atoms with Crippen LogP contribution in [0.4, 0.5) is 0 Å². The molecule has 1 aromatic carbocycles. The van der Waals surface area contributed by atoms with Crippen LogP contribution in [0.15, 0.2) is 29.2 Å². The molecule has 6 heteroatoms. The predicted molar refractivity (Wildman–Crippen MR) is 85.2 cm³/mol. The summed E-state index contributed by atoms with van der Waals surface area (Å²) in [6.07, 6.45) is 4.77. The average Bonchev–Trinajstić information content (AvgIpc) is 2.27. The third-order valence-electron chi connectivity index (χ3n) is 2.66. The minimum atomic E-state index is -3.69. The minimum absolute atomic E-state index is 0.0790. The summed E-state index contributed by atoms with van der Waals surface area (Å²) in [4.78, 5) is 11.9. The number of rotatable bonds is 7. The molecule has 0 aliphatic carbocycles. The van der Waals surface area contributed by atoms with E-state index in [-0.39, 0.29) is 16.4 Å². The first-order chi connectivity index (χ1) is 9.16. The van der Waals surface area contributed by atoms with Crippen LogP contribution < -0.4 is 0 Å². The molecule has 20 heavy (non-hydrogen) atoms. The molecule has 1 aromatic rings. The van der Waals surface area contributed by atoms with Crippen molar-refractivity contribution >= 4 is 26.2 Å². The van der Waals surface area contributed by atoms with Crippen molar-refractivity contribution in [1.29, 1.82) is 0 Å². The number of aryl methyl sites for hydroxylation is 1. The van der Waals surface area contributed by atoms with Crippen LogP contribution in [0.2, 0.25) is 0 Å². The van der Waals surface area contributed by atoms with Gasteiger partial charge in [0.05, 0.1) is 5.75 Å². The first kappa shape index (κ1) is 17.2. The lowest BCUT2D eigenvalue weighted by atomic mass is 10.2. The molecule has 0 aliphatic rings. The van der Waals surface area contributed by atoms with Gasteiger partial charge in [-0.05, 0) is 35.8 Å². The molecule has 0 radical (unpaired) electrons. The molecule has 0 fully saturated rings. The van der Waals surface area contributed by atoms with Gasteiger partial charge in [-0.15, -0.1) is 8.42 Å². The number of ketones is 1. The third-order valence-corrected chi connectivity index (χ3v) is 6.96. The predicted octanol–water partition coefficient (Wildman–Crippen LogP) is 3.13. The first-order valence-corrected chi connectivity index (χ1v) is 10.5. The van der Waals surface area contributed by atoms with Gasteiger partial charge in [-0.1, -0.05) is 24.6 Å². The van der Waals surface area contributed by atoms with Gasteiger partial charge in [0, 0.05) is 18.9 Å². The second-order valence-electron chi connectivity index (χ2n) is 5.28. The minimum Gasteiger partial charge on any atom is -0.299 e. The van der Waals surface area contributed by atoms with Gasteiger partial charge in [0.15, 0.2) is 0 Å². The van der Waals surface area contributed by atoms with Crippen LogP contribution in [0.5, 0.6) is 0 Å². The van der Waals surface area contributed by atoms with Crippen molar-refractivity contribution in [1.82, 2.24) is 0 Å². The molecular weight excluding hydrogens is 296 g/mol. The average molecular weight is 319 g/mol. The van der Waals surface area contributed by atoms with Crippen LogP contribution in [-0.2, 0) is 14.9 Å². The van der Waals surface area contributed by atoms with Crippen molar-refractivity contribution in [2.75, 3.05) is 18.3 Å². The third kappa shape index (κ3) is 5.26. The maximum Gasteiger partial charge on any atom is 0.421 e. The number of hydrogen-bond donors (Lipinski definition) is 0. The molecule has 0 saturated heterocycles. The summed E-state index contributed by atoms with van der Waals surface area (Å²) in [6.45, 7) is 3.83. The second kappa shape index (κ2) is 6.74. The lowest BCUT2D eigenvalue weighted by molar-refractivity contribution is -0.116. The zero-order valence-electron chi connectivity index (χ0n) is 12.4. The zero-order valence-corrected chi connectivity index (χ0v) is 14.1. The topological polar surface area (TPSA) is 64.0 Å². The second-order valence-corrected chi connectivity index (χ2v) is 10.5. The van der Waals surface area contributed by atoms with Crippen molar-refractivity contribution in [3.05, 3.63) is 29.8 Å². The van der Waals surface area contributed by atoms with Gasteiger partial charge in [0.2, 0.25) is 0 Å². The van der Waals surface area contributed by atoms with Crippen molar-refractivity contribution in [2.24, 2.45) is 0 Å². The summed E-state index contributed by atoms with van der Waals surface area (Å²) in [5.41, 5.74) is 0.994. The van der Waals surface area contributed by atoms with Gasteiger partial charge in [-0.2, -0.15) is 0 Å². The Labute approximate surface area is 123 Å². The Morgan fingerprint density at radius 2 is 1.70 bits per heavy atom. The van der Waals surface area contributed by atoms with Crippen LogP contribution in [-0.4, -0.2) is 36.1 Å². The van der Waals surface area contributed by atoms with E-state index in [2.05, 4.69) is 3.63 Å². The Morgan fingerprint density at radius 1 is 1.15 bits per heavy atom. The van der Waals surface area contributed by atoms with Crippen LogP contribution >= 0.6 is 10.3 Å². The van der Waals surface area contributed by atoms with E-state index in [0.29, 0.717) is 6.42 Å². The molecular formula is C14H23O4S2+. The van der Waals surface area contributed by atoms with E-state index in [4.69, 9.17) is 0 Å². The Morgan fingerprint density at radius 3 is 2.20 bits per heavy atom. The van der Waals surface area contributed by atoms with E-state index < -0.39 is 20.4 Å². The highest BCUT2D eigenvalue weighted by Crippen LogP contribution is 2.41. The van der Waals surface area contributed by atoms with Crippen LogP contribution in [0, 0.1) is 6.92 Å². The summed E-state index contributed by atoms with van der Waals surface area (Å²) in [6, 6.07) is 6.59. The van der Waals surface area contributed by atoms with Crippen LogP contribution in [0.1, 0.15) is 25.3 Å². The Bertz CT molecular complexity index is 559. The summed E-state index contributed by atoms with van der Waals surface area (Å²) in [7, 11) is -5.52. The van der Waals surface area contributed by atoms with Gasteiger partial charge in [-0.3, -0.25) is 8.42 Å². The van der Waals surface area contributed by atoms with Crippen molar-refractivity contribution < 1.29 is 16.8 Å². The van der Waals surface area contributed by atoms with E-state index in [9.17, 15) is 13.2 Å². The van der Waals surface area contributed by atoms with Gasteiger partial charge in [0.25, 0.3) is 0 Å². The molecule has 0 bridgehead atoms. The maximum atomic E-state index is 12.2. The number of carbonyl (C=O) groups is 1. The monoisotopic (exact) mass is 319 g/mol. The fourth-order valence-corrected chi connectivity index (χ4v) is 5.88. The molecule has 0 atom stereocenters. The van der Waals surface area contributed by atoms with Gasteiger partial charge >= 0.3 is 10.1 Å². The van der Waals surface area contributed by atoms with Gasteiger partial charge in [-0.25, -0.2) is 0 Å². The quantitative estimate of drug-likeness (QED) is 0.573. The zero-order chi connectivity index (χ0) is 15.4. The number of Topliss-reactive ketones (excluding diaryl/α,β-unsaturated/α-hetero) is 1. The van der Waals surface area contributed by atoms with Crippen molar-refractivity contribution in [3.63, 3.8) is 0 Å². The number of carbonyl (C=O) groups excluding carboxylic acids is 1. The van der Waals surface area contributed by atoms with Crippen molar-refractivity contribution in [3.8, 4) is 0 Å². The standard InChI is InChI=1S/C14H22O4S2/c1-5-6-13(15)11-19(3,4)18-20(16,17)14-9-7-12(2)8-10-14/h7-10H,5-6,11H2,1-4H3/p+1. The maximum absolute atomic E-state index is 12.2. The highest BCUT2D eigenvalue weighted by Gasteiger charge is 2.31. The lowest BCUT2D eigenvalue weighted by Gasteiger charge is -2.24. The van der Waals surface area contributed by atoms with E-state index in [1.807, 2.05) is 13.8 Å². The fraction of sp³-hybridized carbons (Fsp3) is 0.500. The van der Waals surface area contributed by atoms with E-state index in [1.54, 1.807) is 36.8 Å². The molecule has 4 nitrogen and oxygen atoms in total. The molecule has 0 unspecified atom stereocenters. The smallest absolute Gasteiger partial charge is 0.299 e. The molecule has 1 N–H and O–H groups in total. The fourth-order valence-electron chi connectivity index (χ4n) is 1.79. The molecule has 0 spiro atoms. The molecule has 1 rings (SSSR count). The Hall–Kier alpha value is -0.850. The molecule has 0 saturated carbocycles. The van der Waals surface area contributed by atoms with Gasteiger partial charge in [0.1, 0.15) is 10.7 Å². The first-order valence-electron chi connectivity index (χ1n) is 6.45. The Balaban J connectivity index is 2.84. The van der Waals surface area contributed by atoms with Crippen LogP contribution in [0.3, 0.4) is 0 Å². The van der Waals surface area contributed by atoms with Crippen molar-refractivity contribution in [2.45, 2.75) is 31.6 Å². The SMILES string of the molecule is CCCC(=O)CS(C)(C)[OH+]S(=O)(=O)c1ccc(C)cc1. The molecule has 0 aliphatic heterocycles. The number of benzene rings is 1. The Kier molecular flexibility index (Phi) is 5.79. The highest BCUT2D eigenvalue weighted by atomic mass is 32.3. The summed E-state index contributed by atoms with van der Waals surface area (Å²) >= 11 is 0.